The van der Waals surface area contributed by atoms with E-state index >= 15 is 0 Å². The van der Waals surface area contributed by atoms with Crippen LogP contribution >= 0.6 is 0 Å². The molecule has 0 saturated carbocycles. The van der Waals surface area contributed by atoms with Crippen molar-refractivity contribution in [3.8, 4) is 5.69 Å². The maximum atomic E-state index is 6.44. The van der Waals surface area contributed by atoms with Crippen molar-refractivity contribution in [2.24, 2.45) is 0 Å². The fourth-order valence-corrected chi connectivity index (χ4v) is 7.41. The first kappa shape index (κ1) is 26.0. The molecule has 10 aromatic rings. The largest absolute Gasteiger partial charge is 0.456 e. The molecule has 0 aliphatic carbocycles. The number of hydrogen-bond acceptors (Lipinski definition) is 2. The van der Waals surface area contributed by atoms with Crippen LogP contribution in [0.1, 0.15) is 0 Å². The van der Waals surface area contributed by atoms with E-state index in [-0.39, 0.29) is 0 Å². The molecule has 0 aliphatic heterocycles. The summed E-state index contributed by atoms with van der Waals surface area (Å²) in [6.07, 6.45) is 0. The minimum absolute atomic E-state index is 0.871. The molecule has 0 spiro atoms. The van der Waals surface area contributed by atoms with Gasteiger partial charge in [0.05, 0.1) is 16.7 Å². The summed E-state index contributed by atoms with van der Waals surface area (Å²) in [5.41, 5.74) is 8.48. The summed E-state index contributed by atoms with van der Waals surface area (Å²) in [6.45, 7) is 0. The summed E-state index contributed by atoms with van der Waals surface area (Å²) in [5.74, 6) is 0. The van der Waals surface area contributed by atoms with Gasteiger partial charge in [0.2, 0.25) is 0 Å². The first-order chi connectivity index (χ1) is 23.3. The summed E-state index contributed by atoms with van der Waals surface area (Å²) in [7, 11) is 0. The van der Waals surface area contributed by atoms with Gasteiger partial charge >= 0.3 is 0 Å². The summed E-state index contributed by atoms with van der Waals surface area (Å²) >= 11 is 0. The lowest BCUT2D eigenvalue weighted by atomic mass is 10.0. The van der Waals surface area contributed by atoms with E-state index in [0.29, 0.717) is 0 Å². The molecule has 2 aromatic heterocycles. The Labute approximate surface area is 271 Å². The van der Waals surface area contributed by atoms with Crippen molar-refractivity contribution < 1.29 is 4.42 Å². The van der Waals surface area contributed by atoms with Crippen molar-refractivity contribution in [3.63, 3.8) is 0 Å². The van der Waals surface area contributed by atoms with Gasteiger partial charge < -0.3 is 13.9 Å². The van der Waals surface area contributed by atoms with Crippen LogP contribution in [-0.4, -0.2) is 4.57 Å². The summed E-state index contributed by atoms with van der Waals surface area (Å²) in [5, 5.41) is 9.51. The van der Waals surface area contributed by atoms with Gasteiger partial charge in [-0.15, -0.1) is 0 Å². The van der Waals surface area contributed by atoms with Crippen molar-refractivity contribution >= 4 is 82.4 Å². The molecule has 3 heteroatoms. The van der Waals surface area contributed by atoms with Crippen LogP contribution in [0.25, 0.3) is 71.0 Å². The topological polar surface area (TPSA) is 21.3 Å². The van der Waals surface area contributed by atoms with Crippen LogP contribution in [0.3, 0.4) is 0 Å². The van der Waals surface area contributed by atoms with Gasteiger partial charge in [-0.3, -0.25) is 0 Å². The highest BCUT2D eigenvalue weighted by Crippen LogP contribution is 2.48. The third kappa shape index (κ3) is 3.93. The molecule has 0 atom stereocenters. The van der Waals surface area contributed by atoms with Crippen LogP contribution in [0.5, 0.6) is 0 Å². The van der Waals surface area contributed by atoms with Gasteiger partial charge in [0, 0.05) is 50.1 Å². The van der Waals surface area contributed by atoms with Crippen LogP contribution in [0, 0.1) is 0 Å². The van der Waals surface area contributed by atoms with Gasteiger partial charge in [0.1, 0.15) is 11.2 Å². The molecule has 0 N–H and O–H groups in total. The number of hydrogen-bond donors (Lipinski definition) is 0. The zero-order valence-electron chi connectivity index (χ0n) is 25.5. The van der Waals surface area contributed by atoms with E-state index in [1.165, 1.54) is 37.8 Å². The summed E-state index contributed by atoms with van der Waals surface area (Å²) in [4.78, 5) is 2.41. The molecule has 8 aromatic carbocycles. The zero-order valence-corrected chi connectivity index (χ0v) is 25.5. The molecule has 0 bridgehead atoms. The van der Waals surface area contributed by atoms with Crippen LogP contribution in [0.2, 0.25) is 0 Å². The van der Waals surface area contributed by atoms with Crippen LogP contribution in [0.4, 0.5) is 17.1 Å². The van der Waals surface area contributed by atoms with Gasteiger partial charge in [-0.25, -0.2) is 0 Å². The minimum atomic E-state index is 0.871. The number of anilines is 3. The molecule has 0 saturated heterocycles. The average Bonchev–Trinajstić information content (AvgIpc) is 3.67. The molecule has 47 heavy (non-hydrogen) atoms. The molecule has 0 aliphatic rings. The molecule has 0 amide bonds. The first-order valence-corrected chi connectivity index (χ1v) is 16.0. The zero-order chi connectivity index (χ0) is 30.9. The highest BCUT2D eigenvalue weighted by Gasteiger charge is 2.25. The SMILES string of the molecule is c1ccc(N(c2ccc3c(c2)oc2ccccc23)c2c3ccccc3cc3c4ccccc4n(-c4ccc5ccccc5c4)c23)cc1. The minimum Gasteiger partial charge on any atom is -0.456 e. The average molecular weight is 601 g/mol. The highest BCUT2D eigenvalue weighted by atomic mass is 16.3. The second-order valence-corrected chi connectivity index (χ2v) is 12.2. The third-order valence-corrected chi connectivity index (χ3v) is 9.50. The van der Waals surface area contributed by atoms with Gasteiger partial charge in [0.15, 0.2) is 0 Å². The predicted molar refractivity (Wildman–Crippen MR) is 198 cm³/mol. The molecular weight excluding hydrogens is 572 g/mol. The molecule has 0 unspecified atom stereocenters. The van der Waals surface area contributed by atoms with Gasteiger partial charge in [0.25, 0.3) is 0 Å². The van der Waals surface area contributed by atoms with Crippen LogP contribution in [0.15, 0.2) is 174 Å². The lowest BCUT2D eigenvalue weighted by molar-refractivity contribution is 0.669. The number of furan rings is 1. The van der Waals surface area contributed by atoms with E-state index in [9.17, 15) is 0 Å². The molecule has 0 radical (unpaired) electrons. The Morgan fingerprint density at radius 3 is 1.96 bits per heavy atom. The Bertz CT molecular complexity index is 2810. The molecule has 220 valence electrons. The standard InChI is InChI=1S/C44H28N2O/c1-2-15-32(16-3-1)45(34-24-25-38-37-19-9-11-21-41(37)47-42(38)28-34)43-35-17-7-6-14-31(35)27-39-36-18-8-10-20-40(36)46(44(39)43)33-23-22-29-12-4-5-13-30(29)26-33/h1-28H. The molecule has 0 fully saturated rings. The molecule has 3 nitrogen and oxygen atoms in total. The van der Waals surface area contributed by atoms with Gasteiger partial charge in [-0.1, -0.05) is 109 Å². The third-order valence-electron chi connectivity index (χ3n) is 9.50. The lowest BCUT2D eigenvalue weighted by Gasteiger charge is -2.28. The van der Waals surface area contributed by atoms with E-state index in [2.05, 4.69) is 167 Å². The Morgan fingerprint density at radius 1 is 0.404 bits per heavy atom. The number of benzene rings is 8. The van der Waals surface area contributed by atoms with Crippen molar-refractivity contribution in [1.29, 1.82) is 0 Å². The van der Waals surface area contributed by atoms with Gasteiger partial charge in [-0.05, 0) is 70.8 Å². The fraction of sp³-hybridized carbons (Fsp3) is 0. The Hall–Kier alpha value is -6.32. The van der Waals surface area contributed by atoms with E-state index in [1.807, 2.05) is 12.1 Å². The maximum Gasteiger partial charge on any atom is 0.137 e. The fourth-order valence-electron chi connectivity index (χ4n) is 7.41. The second kappa shape index (κ2) is 10.1. The van der Waals surface area contributed by atoms with E-state index in [4.69, 9.17) is 4.42 Å². The number of aromatic nitrogens is 1. The number of fused-ring (bicyclic) bond motifs is 8. The highest BCUT2D eigenvalue weighted by molar-refractivity contribution is 6.22. The predicted octanol–water partition coefficient (Wildman–Crippen LogP) is 12.5. The molecular formula is C44H28N2O. The van der Waals surface area contributed by atoms with Gasteiger partial charge in [-0.2, -0.15) is 0 Å². The van der Waals surface area contributed by atoms with Crippen molar-refractivity contribution in [2.75, 3.05) is 4.90 Å². The van der Waals surface area contributed by atoms with Crippen molar-refractivity contribution in [3.05, 3.63) is 170 Å². The quantitative estimate of drug-likeness (QED) is 0.200. The second-order valence-electron chi connectivity index (χ2n) is 12.2. The first-order valence-electron chi connectivity index (χ1n) is 16.0. The monoisotopic (exact) mass is 600 g/mol. The van der Waals surface area contributed by atoms with E-state index in [0.717, 1.165) is 50.2 Å². The van der Waals surface area contributed by atoms with Crippen LogP contribution in [-0.2, 0) is 0 Å². The van der Waals surface area contributed by atoms with Crippen LogP contribution < -0.4 is 4.90 Å². The molecule has 10 rings (SSSR count). The number of para-hydroxylation sites is 3. The van der Waals surface area contributed by atoms with Crippen molar-refractivity contribution in [2.45, 2.75) is 0 Å². The van der Waals surface area contributed by atoms with Crippen molar-refractivity contribution in [1.82, 2.24) is 4.57 Å². The van der Waals surface area contributed by atoms with E-state index in [1.54, 1.807) is 0 Å². The Balaban J connectivity index is 1.37. The Kier molecular flexibility index (Phi) is 5.57. The maximum absolute atomic E-state index is 6.44. The molecule has 2 heterocycles. The summed E-state index contributed by atoms with van der Waals surface area (Å²) in [6, 6.07) is 60.9. The number of nitrogens with zero attached hydrogens (tertiary/aromatic N) is 2. The summed E-state index contributed by atoms with van der Waals surface area (Å²) < 4.78 is 8.89. The normalized spacial score (nSPS) is 11.8. The lowest BCUT2D eigenvalue weighted by Crippen LogP contribution is -2.12. The van der Waals surface area contributed by atoms with E-state index < -0.39 is 0 Å². The number of rotatable bonds is 4. The smallest absolute Gasteiger partial charge is 0.137 e. The Morgan fingerprint density at radius 2 is 1.09 bits per heavy atom.